The molecule has 0 radical (unpaired) electrons. The maximum Gasteiger partial charge on any atom is 0.270 e. The van der Waals surface area contributed by atoms with Crippen molar-refractivity contribution in [3.63, 3.8) is 0 Å². The molecular formula is C20H17N5O5S. The van der Waals surface area contributed by atoms with Crippen molar-refractivity contribution in [1.29, 1.82) is 5.26 Å². The molecule has 1 fully saturated rings. The zero-order valence-electron chi connectivity index (χ0n) is 16.2. The number of aromatic amines is 1. The van der Waals surface area contributed by atoms with Gasteiger partial charge < -0.3 is 9.88 Å². The van der Waals surface area contributed by atoms with Crippen molar-refractivity contribution in [3.8, 4) is 6.07 Å². The Morgan fingerprint density at radius 1 is 1.10 bits per heavy atom. The van der Waals surface area contributed by atoms with Gasteiger partial charge in [0.25, 0.3) is 11.6 Å². The molecule has 2 aromatic carbocycles. The Labute approximate surface area is 177 Å². The Morgan fingerprint density at radius 2 is 1.77 bits per heavy atom. The number of hydrogen-bond acceptors (Lipinski definition) is 6. The number of hydrogen-bond donors (Lipinski definition) is 1. The number of amides is 1. The molecule has 0 unspecified atom stereocenters. The molecule has 0 saturated carbocycles. The number of nitro groups is 1. The van der Waals surface area contributed by atoms with E-state index < -0.39 is 14.9 Å². The average molecular weight is 439 g/mol. The Kier molecular flexibility index (Phi) is 5.18. The van der Waals surface area contributed by atoms with Crippen LogP contribution in [0.2, 0.25) is 0 Å². The fourth-order valence-corrected chi connectivity index (χ4v) is 4.97. The molecule has 10 nitrogen and oxygen atoms in total. The van der Waals surface area contributed by atoms with Crippen LogP contribution in [0.5, 0.6) is 0 Å². The average Bonchev–Trinajstić information content (AvgIpc) is 3.22. The lowest BCUT2D eigenvalue weighted by molar-refractivity contribution is -0.384. The first-order chi connectivity index (χ1) is 14.8. The van der Waals surface area contributed by atoms with Crippen molar-refractivity contribution in [2.75, 3.05) is 26.2 Å². The second kappa shape index (κ2) is 7.82. The van der Waals surface area contributed by atoms with Crippen LogP contribution in [0.1, 0.15) is 15.9 Å². The number of non-ortho nitro benzene ring substituents is 1. The van der Waals surface area contributed by atoms with Gasteiger partial charge >= 0.3 is 0 Å². The minimum Gasteiger partial charge on any atom is -0.360 e. The summed E-state index contributed by atoms with van der Waals surface area (Å²) in [6.07, 6.45) is 1.51. The van der Waals surface area contributed by atoms with Gasteiger partial charge in [-0.3, -0.25) is 14.9 Å². The topological polar surface area (TPSA) is 140 Å². The Hall–Kier alpha value is -3.75. The summed E-state index contributed by atoms with van der Waals surface area (Å²) in [5.41, 5.74) is 1.17. The maximum atomic E-state index is 13.0. The first-order valence-electron chi connectivity index (χ1n) is 9.36. The number of piperazine rings is 1. The zero-order valence-corrected chi connectivity index (χ0v) is 17.0. The van der Waals surface area contributed by atoms with E-state index in [2.05, 4.69) is 4.98 Å². The highest BCUT2D eigenvalue weighted by Gasteiger charge is 2.31. The molecule has 1 aliphatic rings. The molecule has 1 N–H and O–H groups in total. The van der Waals surface area contributed by atoms with E-state index in [4.69, 9.17) is 5.26 Å². The molecule has 1 aromatic heterocycles. The second-order valence-corrected chi connectivity index (χ2v) is 8.96. The number of nitriles is 1. The van der Waals surface area contributed by atoms with Crippen LogP contribution in [-0.4, -0.2) is 59.6 Å². The number of nitrogens with zero attached hydrogens (tertiary/aromatic N) is 4. The number of rotatable bonds is 4. The summed E-state index contributed by atoms with van der Waals surface area (Å²) in [6.45, 7) is 0.624. The molecule has 0 aliphatic carbocycles. The molecule has 11 heteroatoms. The van der Waals surface area contributed by atoms with Gasteiger partial charge in [0.1, 0.15) is 0 Å². The molecule has 0 atom stereocenters. The molecule has 1 saturated heterocycles. The molecular weight excluding hydrogens is 422 g/mol. The highest BCUT2D eigenvalue weighted by atomic mass is 32.2. The van der Waals surface area contributed by atoms with Crippen molar-refractivity contribution in [3.05, 3.63) is 69.9 Å². The Morgan fingerprint density at radius 3 is 2.39 bits per heavy atom. The largest absolute Gasteiger partial charge is 0.360 e. The molecule has 3 aromatic rings. The molecule has 1 amide bonds. The normalized spacial score (nSPS) is 15.0. The highest BCUT2D eigenvalue weighted by Crippen LogP contribution is 2.26. The summed E-state index contributed by atoms with van der Waals surface area (Å²) >= 11 is 0. The third kappa shape index (κ3) is 3.74. The number of H-pyrrole nitrogens is 1. The van der Waals surface area contributed by atoms with Gasteiger partial charge in [0.15, 0.2) is 0 Å². The number of carbonyl (C=O) groups is 1. The molecule has 31 heavy (non-hydrogen) atoms. The van der Waals surface area contributed by atoms with Crippen molar-refractivity contribution >= 4 is 32.5 Å². The van der Waals surface area contributed by atoms with Crippen LogP contribution in [0.3, 0.4) is 0 Å². The number of carbonyl (C=O) groups excluding carboxylic acids is 1. The third-order valence-corrected chi connectivity index (χ3v) is 7.17. The summed E-state index contributed by atoms with van der Waals surface area (Å²) in [5, 5.41) is 20.4. The fourth-order valence-electron chi connectivity index (χ4n) is 3.55. The lowest BCUT2D eigenvalue weighted by Gasteiger charge is -2.34. The smallest absolute Gasteiger partial charge is 0.270 e. The van der Waals surface area contributed by atoms with E-state index in [0.29, 0.717) is 22.0 Å². The van der Waals surface area contributed by atoms with Gasteiger partial charge in [-0.25, -0.2) is 8.42 Å². The number of nitrogens with one attached hydrogen (secondary N) is 1. The van der Waals surface area contributed by atoms with Crippen LogP contribution in [0.4, 0.5) is 5.69 Å². The molecule has 4 rings (SSSR count). The van der Waals surface area contributed by atoms with Crippen molar-refractivity contribution in [2.45, 2.75) is 4.90 Å². The third-order valence-electron chi connectivity index (χ3n) is 5.25. The highest BCUT2D eigenvalue weighted by molar-refractivity contribution is 7.89. The number of aromatic nitrogens is 1. The van der Waals surface area contributed by atoms with E-state index >= 15 is 0 Å². The van der Waals surface area contributed by atoms with Gasteiger partial charge in [0.05, 0.1) is 27.0 Å². The van der Waals surface area contributed by atoms with Crippen LogP contribution in [0.25, 0.3) is 10.9 Å². The molecule has 1 aliphatic heterocycles. The van der Waals surface area contributed by atoms with E-state index in [-0.39, 0.29) is 42.7 Å². The number of benzene rings is 2. The summed E-state index contributed by atoms with van der Waals surface area (Å²) in [4.78, 5) is 28.1. The first-order valence-corrected chi connectivity index (χ1v) is 10.8. The van der Waals surface area contributed by atoms with Gasteiger partial charge in [0, 0.05) is 55.4 Å². The lowest BCUT2D eigenvalue weighted by atomic mass is 10.1. The van der Waals surface area contributed by atoms with Crippen LogP contribution in [0, 0.1) is 21.4 Å². The molecule has 158 valence electrons. The quantitative estimate of drug-likeness (QED) is 0.487. The summed E-state index contributed by atoms with van der Waals surface area (Å²) in [5.74, 6) is -0.317. The molecule has 0 spiro atoms. The van der Waals surface area contributed by atoms with Gasteiger partial charge in [-0.15, -0.1) is 0 Å². The van der Waals surface area contributed by atoms with Crippen molar-refractivity contribution in [1.82, 2.24) is 14.2 Å². The van der Waals surface area contributed by atoms with E-state index in [1.165, 1.54) is 51.8 Å². The van der Waals surface area contributed by atoms with Crippen molar-refractivity contribution in [2.24, 2.45) is 0 Å². The monoisotopic (exact) mass is 439 g/mol. The molecule has 2 heterocycles. The number of sulfonamides is 1. The Balaban J connectivity index is 1.50. The summed E-state index contributed by atoms with van der Waals surface area (Å²) < 4.78 is 27.0. The van der Waals surface area contributed by atoms with Crippen LogP contribution < -0.4 is 0 Å². The van der Waals surface area contributed by atoms with Crippen LogP contribution >= 0.6 is 0 Å². The van der Waals surface area contributed by atoms with E-state index in [0.717, 1.165) is 0 Å². The van der Waals surface area contributed by atoms with Crippen molar-refractivity contribution < 1.29 is 18.1 Å². The van der Waals surface area contributed by atoms with Gasteiger partial charge in [-0.05, 0) is 30.3 Å². The second-order valence-electron chi connectivity index (χ2n) is 7.02. The van der Waals surface area contributed by atoms with Crippen LogP contribution in [-0.2, 0) is 10.0 Å². The summed E-state index contributed by atoms with van der Waals surface area (Å²) in [7, 11) is -3.73. The van der Waals surface area contributed by atoms with E-state index in [1.54, 1.807) is 6.07 Å². The van der Waals surface area contributed by atoms with Gasteiger partial charge in [-0.1, -0.05) is 0 Å². The standard InChI is InChI=1S/C20H17N5O5S/c21-12-14-1-4-16(5-2-14)31(29,30)24-9-7-23(8-10-24)20(26)18-13-22-19-6-3-15(25(27)28)11-17(18)19/h1-6,11,13,22H,7-10H2. The number of nitro benzene ring substituents is 1. The summed E-state index contributed by atoms with van der Waals surface area (Å²) in [6, 6.07) is 11.9. The SMILES string of the molecule is N#Cc1ccc(S(=O)(=O)N2CCN(C(=O)c3c[nH]c4ccc([N+](=O)[O-])cc34)CC2)cc1. The lowest BCUT2D eigenvalue weighted by Crippen LogP contribution is -2.50. The van der Waals surface area contributed by atoms with E-state index in [1.807, 2.05) is 6.07 Å². The first kappa shape index (κ1) is 20.5. The fraction of sp³-hybridized carbons (Fsp3) is 0.200. The zero-order chi connectivity index (χ0) is 22.2. The van der Waals surface area contributed by atoms with Crippen LogP contribution in [0.15, 0.2) is 53.6 Å². The minimum atomic E-state index is -3.73. The van der Waals surface area contributed by atoms with Gasteiger partial charge in [-0.2, -0.15) is 9.57 Å². The minimum absolute atomic E-state index is 0.0928. The predicted octanol–water partition coefficient (Wildman–Crippen LogP) is 2.09. The Bertz CT molecular complexity index is 1320. The van der Waals surface area contributed by atoms with Gasteiger partial charge in [0.2, 0.25) is 10.0 Å². The predicted molar refractivity (Wildman–Crippen MR) is 111 cm³/mol. The maximum absolute atomic E-state index is 13.0. The van der Waals surface area contributed by atoms with E-state index in [9.17, 15) is 23.3 Å². The number of fused-ring (bicyclic) bond motifs is 1. The molecule has 0 bridgehead atoms.